The second kappa shape index (κ2) is 4.04. The van der Waals surface area contributed by atoms with Crippen LogP contribution in [0.1, 0.15) is 0 Å². The van der Waals surface area contributed by atoms with Crippen LogP contribution in [0, 0.1) is 0 Å². The minimum Gasteiger partial charge on any atom is -0.497 e. The summed E-state index contributed by atoms with van der Waals surface area (Å²) in [6.07, 6.45) is 0. The van der Waals surface area contributed by atoms with Crippen LogP contribution >= 0.6 is 0 Å². The summed E-state index contributed by atoms with van der Waals surface area (Å²) in [5.41, 5.74) is 2.08. The van der Waals surface area contributed by atoms with E-state index in [-0.39, 0.29) is 0 Å². The summed E-state index contributed by atoms with van der Waals surface area (Å²) in [4.78, 5) is 0. The zero-order valence-corrected chi connectivity index (χ0v) is 8.74. The number of rotatable bonds is 3. The number of anilines is 1. The molecule has 0 saturated carbocycles. The molecule has 1 aromatic heterocycles. The van der Waals surface area contributed by atoms with Gasteiger partial charge < -0.3 is 10.1 Å². The van der Waals surface area contributed by atoms with Crippen LogP contribution in [0.3, 0.4) is 0 Å². The first-order valence-electron chi connectivity index (χ1n) is 4.71. The Bertz CT molecular complexity index is 433. The fourth-order valence-electron chi connectivity index (χ4n) is 1.37. The first-order valence-corrected chi connectivity index (χ1v) is 4.71. The van der Waals surface area contributed by atoms with Crippen molar-refractivity contribution in [3.8, 4) is 17.0 Å². The van der Waals surface area contributed by atoms with Crippen molar-refractivity contribution >= 4 is 5.82 Å². The standard InChI is InChI=1S/C11H13N3O/c1-12-11-7-10(13-14-11)8-3-5-9(15-2)6-4-8/h3-7H,1-2H3,(H2,12,13,14). The first-order chi connectivity index (χ1) is 7.33. The molecule has 2 aromatic rings. The molecular formula is C11H13N3O. The van der Waals surface area contributed by atoms with Gasteiger partial charge in [0.05, 0.1) is 12.8 Å². The maximum absolute atomic E-state index is 5.09. The molecule has 0 aliphatic heterocycles. The molecule has 0 aliphatic carbocycles. The molecule has 1 aromatic carbocycles. The van der Waals surface area contributed by atoms with Gasteiger partial charge in [0.25, 0.3) is 0 Å². The lowest BCUT2D eigenvalue weighted by molar-refractivity contribution is 0.415. The van der Waals surface area contributed by atoms with E-state index in [0.29, 0.717) is 0 Å². The minimum atomic E-state index is 0.834. The predicted octanol–water partition coefficient (Wildman–Crippen LogP) is 2.13. The van der Waals surface area contributed by atoms with E-state index in [0.717, 1.165) is 22.8 Å². The van der Waals surface area contributed by atoms with Crippen molar-refractivity contribution < 1.29 is 4.74 Å². The highest BCUT2D eigenvalue weighted by Gasteiger charge is 2.01. The number of methoxy groups -OCH3 is 1. The van der Waals surface area contributed by atoms with E-state index in [4.69, 9.17) is 4.74 Å². The molecule has 0 radical (unpaired) electrons. The average molecular weight is 203 g/mol. The van der Waals surface area contributed by atoms with Crippen LogP contribution in [0.2, 0.25) is 0 Å². The van der Waals surface area contributed by atoms with Crippen LogP contribution < -0.4 is 10.1 Å². The molecule has 0 unspecified atom stereocenters. The number of ether oxygens (including phenoxy) is 1. The van der Waals surface area contributed by atoms with Gasteiger partial charge in [0.15, 0.2) is 0 Å². The number of hydrogen-bond donors (Lipinski definition) is 2. The number of hydrogen-bond acceptors (Lipinski definition) is 3. The van der Waals surface area contributed by atoms with Gasteiger partial charge in [-0.25, -0.2) is 0 Å². The van der Waals surface area contributed by atoms with Crippen LogP contribution in [-0.2, 0) is 0 Å². The van der Waals surface area contributed by atoms with Gasteiger partial charge >= 0.3 is 0 Å². The highest BCUT2D eigenvalue weighted by Crippen LogP contribution is 2.22. The van der Waals surface area contributed by atoms with Crippen molar-refractivity contribution in [2.45, 2.75) is 0 Å². The first kappa shape index (κ1) is 9.58. The minimum absolute atomic E-state index is 0.834. The molecule has 0 amide bonds. The van der Waals surface area contributed by atoms with Gasteiger partial charge in [0.1, 0.15) is 11.6 Å². The average Bonchev–Trinajstić information content (AvgIpc) is 2.78. The third-order valence-corrected chi connectivity index (χ3v) is 2.24. The summed E-state index contributed by atoms with van der Waals surface area (Å²) >= 11 is 0. The lowest BCUT2D eigenvalue weighted by Gasteiger charge is -2.00. The molecule has 78 valence electrons. The van der Waals surface area contributed by atoms with Crippen molar-refractivity contribution in [2.75, 3.05) is 19.5 Å². The highest BCUT2D eigenvalue weighted by molar-refractivity contribution is 5.63. The van der Waals surface area contributed by atoms with E-state index in [9.17, 15) is 0 Å². The number of nitrogens with zero attached hydrogens (tertiary/aromatic N) is 1. The maximum atomic E-state index is 5.09. The number of H-pyrrole nitrogens is 1. The zero-order valence-electron chi connectivity index (χ0n) is 8.74. The van der Waals surface area contributed by atoms with Crippen LogP contribution in [0.5, 0.6) is 5.75 Å². The van der Waals surface area contributed by atoms with E-state index < -0.39 is 0 Å². The third kappa shape index (κ3) is 1.93. The second-order valence-electron chi connectivity index (χ2n) is 3.15. The molecule has 2 rings (SSSR count). The topological polar surface area (TPSA) is 49.9 Å². The Hall–Kier alpha value is -1.97. The van der Waals surface area contributed by atoms with E-state index in [1.54, 1.807) is 7.11 Å². The summed E-state index contributed by atoms with van der Waals surface area (Å²) in [5.74, 6) is 1.69. The van der Waals surface area contributed by atoms with Crippen LogP contribution in [0.25, 0.3) is 11.3 Å². The summed E-state index contributed by atoms with van der Waals surface area (Å²) in [7, 11) is 3.50. The van der Waals surface area contributed by atoms with Gasteiger partial charge in [-0.15, -0.1) is 0 Å². The number of benzene rings is 1. The Morgan fingerprint density at radius 3 is 2.53 bits per heavy atom. The maximum Gasteiger partial charge on any atom is 0.148 e. The molecule has 0 bridgehead atoms. The molecule has 0 spiro atoms. The van der Waals surface area contributed by atoms with Gasteiger partial charge in [0.2, 0.25) is 0 Å². The Morgan fingerprint density at radius 2 is 2.00 bits per heavy atom. The molecule has 0 aliphatic rings. The largest absolute Gasteiger partial charge is 0.497 e. The number of aromatic amines is 1. The van der Waals surface area contributed by atoms with Gasteiger partial charge in [0, 0.05) is 13.1 Å². The quantitative estimate of drug-likeness (QED) is 0.803. The van der Waals surface area contributed by atoms with Crippen molar-refractivity contribution in [3.63, 3.8) is 0 Å². The smallest absolute Gasteiger partial charge is 0.148 e. The van der Waals surface area contributed by atoms with Gasteiger partial charge in [-0.05, 0) is 29.8 Å². The van der Waals surface area contributed by atoms with Crippen LogP contribution in [0.15, 0.2) is 30.3 Å². The Morgan fingerprint density at radius 1 is 1.27 bits per heavy atom. The van der Waals surface area contributed by atoms with Gasteiger partial charge in [-0.2, -0.15) is 5.10 Å². The van der Waals surface area contributed by atoms with E-state index in [2.05, 4.69) is 15.5 Å². The Labute approximate surface area is 88.3 Å². The zero-order chi connectivity index (χ0) is 10.7. The molecule has 0 saturated heterocycles. The van der Waals surface area contributed by atoms with Crippen molar-refractivity contribution in [1.82, 2.24) is 10.2 Å². The fraction of sp³-hybridized carbons (Fsp3) is 0.182. The van der Waals surface area contributed by atoms with Crippen molar-refractivity contribution in [1.29, 1.82) is 0 Å². The van der Waals surface area contributed by atoms with Crippen LogP contribution in [0.4, 0.5) is 5.82 Å². The van der Waals surface area contributed by atoms with Gasteiger partial charge in [-0.3, -0.25) is 5.10 Å². The molecule has 0 atom stereocenters. The number of nitrogens with one attached hydrogen (secondary N) is 2. The molecule has 4 heteroatoms. The summed E-state index contributed by atoms with van der Waals surface area (Å²) in [6.45, 7) is 0. The normalized spacial score (nSPS) is 10.0. The Kier molecular flexibility index (Phi) is 2.58. The lowest BCUT2D eigenvalue weighted by Crippen LogP contribution is -1.85. The third-order valence-electron chi connectivity index (χ3n) is 2.24. The fourth-order valence-corrected chi connectivity index (χ4v) is 1.37. The second-order valence-corrected chi connectivity index (χ2v) is 3.15. The molecule has 0 fully saturated rings. The summed E-state index contributed by atoms with van der Waals surface area (Å²) in [5, 5.41) is 10.0. The predicted molar refractivity (Wildman–Crippen MR) is 60.1 cm³/mol. The number of aromatic nitrogens is 2. The van der Waals surface area contributed by atoms with Gasteiger partial charge in [-0.1, -0.05) is 0 Å². The van der Waals surface area contributed by atoms with Crippen molar-refractivity contribution in [2.24, 2.45) is 0 Å². The van der Waals surface area contributed by atoms with Crippen molar-refractivity contribution in [3.05, 3.63) is 30.3 Å². The molecular weight excluding hydrogens is 190 g/mol. The molecule has 1 heterocycles. The summed E-state index contributed by atoms with van der Waals surface area (Å²) in [6, 6.07) is 9.80. The lowest BCUT2D eigenvalue weighted by atomic mass is 10.1. The Balaban J connectivity index is 2.28. The molecule has 15 heavy (non-hydrogen) atoms. The van der Waals surface area contributed by atoms with E-state index in [1.165, 1.54) is 0 Å². The highest BCUT2D eigenvalue weighted by atomic mass is 16.5. The van der Waals surface area contributed by atoms with E-state index >= 15 is 0 Å². The van der Waals surface area contributed by atoms with E-state index in [1.807, 2.05) is 37.4 Å². The monoisotopic (exact) mass is 203 g/mol. The SMILES string of the molecule is CNc1cc(-c2ccc(OC)cc2)[nH]n1. The van der Waals surface area contributed by atoms with Crippen LogP contribution in [-0.4, -0.2) is 24.4 Å². The molecule has 4 nitrogen and oxygen atoms in total. The molecule has 2 N–H and O–H groups in total. The summed E-state index contributed by atoms with van der Waals surface area (Å²) < 4.78 is 5.09.